The van der Waals surface area contributed by atoms with Gasteiger partial charge in [-0.05, 0) is 36.5 Å². The number of nitrogens with zero attached hydrogens (tertiary/aromatic N) is 1. The molecule has 0 fully saturated rings. The highest BCUT2D eigenvalue weighted by atomic mass is 35.5. The van der Waals surface area contributed by atoms with E-state index in [9.17, 15) is 4.79 Å². The summed E-state index contributed by atoms with van der Waals surface area (Å²) in [6.07, 6.45) is -0.469. The van der Waals surface area contributed by atoms with Crippen molar-refractivity contribution in [1.29, 1.82) is 0 Å². The number of rotatable bonds is 2. The Morgan fingerprint density at radius 2 is 1.84 bits per heavy atom. The van der Waals surface area contributed by atoms with Crippen molar-refractivity contribution in [2.75, 3.05) is 5.32 Å². The van der Waals surface area contributed by atoms with Gasteiger partial charge in [-0.3, -0.25) is 9.36 Å². The fraction of sp³-hybridized carbons (Fsp3) is 0.0588. The van der Waals surface area contributed by atoms with Crippen LogP contribution in [-0.2, 0) is 0 Å². The SMILES string of the molecule is O=C1N[C@H](c2ccc(Cl)cc2Cl)Nc2c1sc(=S)n2-c1ccccc1. The van der Waals surface area contributed by atoms with E-state index >= 15 is 0 Å². The molecule has 2 N–H and O–H groups in total. The minimum atomic E-state index is -0.469. The normalized spacial score (nSPS) is 16.1. The van der Waals surface area contributed by atoms with Crippen molar-refractivity contribution in [3.63, 3.8) is 0 Å². The summed E-state index contributed by atoms with van der Waals surface area (Å²) in [6, 6.07) is 14.9. The number of fused-ring (bicyclic) bond motifs is 1. The maximum Gasteiger partial charge on any atom is 0.267 e. The lowest BCUT2D eigenvalue weighted by Crippen LogP contribution is -2.38. The van der Waals surface area contributed by atoms with Gasteiger partial charge in [0.25, 0.3) is 5.91 Å². The van der Waals surface area contributed by atoms with Crippen LogP contribution in [-0.4, -0.2) is 10.5 Å². The van der Waals surface area contributed by atoms with Gasteiger partial charge in [0.05, 0.1) is 0 Å². The average molecular weight is 408 g/mol. The van der Waals surface area contributed by atoms with Crippen LogP contribution in [0, 0.1) is 3.95 Å². The number of amides is 1. The van der Waals surface area contributed by atoms with E-state index in [2.05, 4.69) is 10.6 Å². The summed E-state index contributed by atoms with van der Waals surface area (Å²) in [5.41, 5.74) is 1.63. The first-order valence-corrected chi connectivity index (χ1v) is 9.36. The minimum Gasteiger partial charge on any atom is -0.346 e. The fourth-order valence-corrected chi connectivity index (χ4v) is 4.56. The molecule has 0 spiro atoms. The molecule has 4 nitrogen and oxygen atoms in total. The number of nitrogens with one attached hydrogen (secondary N) is 2. The summed E-state index contributed by atoms with van der Waals surface area (Å²) in [5.74, 6) is 0.483. The Kier molecular flexibility index (Phi) is 4.29. The Morgan fingerprint density at radius 1 is 1.08 bits per heavy atom. The molecule has 4 rings (SSSR count). The minimum absolute atomic E-state index is 0.185. The van der Waals surface area contributed by atoms with E-state index in [-0.39, 0.29) is 5.91 Å². The molecular weight excluding hydrogens is 397 g/mol. The number of hydrogen-bond acceptors (Lipinski definition) is 4. The third-order valence-electron chi connectivity index (χ3n) is 3.86. The Hall–Kier alpha value is -1.86. The van der Waals surface area contributed by atoms with Gasteiger partial charge in [0.2, 0.25) is 0 Å². The van der Waals surface area contributed by atoms with E-state index < -0.39 is 6.17 Å². The van der Waals surface area contributed by atoms with Crippen molar-refractivity contribution in [2.24, 2.45) is 0 Å². The Morgan fingerprint density at radius 3 is 2.56 bits per heavy atom. The fourth-order valence-electron chi connectivity index (χ4n) is 2.73. The van der Waals surface area contributed by atoms with Gasteiger partial charge in [-0.15, -0.1) is 0 Å². The zero-order chi connectivity index (χ0) is 17.6. The van der Waals surface area contributed by atoms with Crippen molar-refractivity contribution in [1.82, 2.24) is 9.88 Å². The van der Waals surface area contributed by atoms with Crippen molar-refractivity contribution in [3.05, 3.63) is 73.0 Å². The lowest BCUT2D eigenvalue weighted by atomic mass is 10.1. The third-order valence-corrected chi connectivity index (χ3v) is 5.80. The van der Waals surface area contributed by atoms with Crippen LogP contribution in [0.4, 0.5) is 5.82 Å². The maximum atomic E-state index is 12.6. The highest BCUT2D eigenvalue weighted by Gasteiger charge is 2.30. The largest absolute Gasteiger partial charge is 0.346 e. The van der Waals surface area contributed by atoms with Crippen molar-refractivity contribution in [2.45, 2.75) is 6.17 Å². The lowest BCUT2D eigenvalue weighted by Gasteiger charge is -2.27. The highest BCUT2D eigenvalue weighted by Crippen LogP contribution is 2.36. The number of thiazole rings is 1. The molecule has 0 radical (unpaired) electrons. The van der Waals surface area contributed by atoms with E-state index in [1.807, 2.05) is 34.9 Å². The number of halogens is 2. The van der Waals surface area contributed by atoms with E-state index in [0.29, 0.717) is 24.7 Å². The van der Waals surface area contributed by atoms with Crippen molar-refractivity contribution >= 4 is 58.5 Å². The molecule has 1 amide bonds. The summed E-state index contributed by atoms with van der Waals surface area (Å²) < 4.78 is 2.46. The van der Waals surface area contributed by atoms with Gasteiger partial charge in [-0.2, -0.15) is 0 Å². The molecule has 1 aliphatic rings. The van der Waals surface area contributed by atoms with Crippen LogP contribution in [0.5, 0.6) is 0 Å². The standard InChI is InChI=1S/C17H11Cl2N3OS2/c18-9-6-7-11(12(19)8-9)14-20-15-13(16(23)21-14)25-17(24)22(15)10-4-2-1-3-5-10/h1-8,14,20H,(H,21,23)/t14-/m1/s1. The van der Waals surface area contributed by atoms with E-state index in [4.69, 9.17) is 35.4 Å². The molecule has 0 saturated heterocycles. The van der Waals surface area contributed by atoms with Crippen LogP contribution in [0.3, 0.4) is 0 Å². The first-order valence-electron chi connectivity index (χ1n) is 7.38. The second-order valence-electron chi connectivity index (χ2n) is 5.43. The van der Waals surface area contributed by atoms with Gasteiger partial charge in [0.15, 0.2) is 3.95 Å². The molecule has 0 unspecified atom stereocenters. The molecule has 3 aromatic rings. The molecule has 0 saturated carbocycles. The van der Waals surface area contributed by atoms with E-state index in [0.717, 1.165) is 11.3 Å². The molecule has 25 heavy (non-hydrogen) atoms. The topological polar surface area (TPSA) is 46.1 Å². The predicted octanol–water partition coefficient (Wildman–Crippen LogP) is 5.43. The number of benzene rings is 2. The molecule has 2 aromatic carbocycles. The van der Waals surface area contributed by atoms with E-state index in [1.54, 1.807) is 18.2 Å². The molecule has 0 aliphatic carbocycles. The molecule has 0 bridgehead atoms. The van der Waals surface area contributed by atoms with Crippen LogP contribution in [0.2, 0.25) is 10.0 Å². The van der Waals surface area contributed by atoms with Gasteiger partial charge in [0, 0.05) is 21.3 Å². The number of para-hydroxylation sites is 1. The molecular formula is C17H11Cl2N3OS2. The number of aromatic nitrogens is 1. The number of hydrogen-bond donors (Lipinski definition) is 2. The second kappa shape index (κ2) is 6.46. The van der Waals surface area contributed by atoms with Gasteiger partial charge >= 0.3 is 0 Å². The smallest absolute Gasteiger partial charge is 0.267 e. The van der Waals surface area contributed by atoms with Crippen LogP contribution in [0.1, 0.15) is 21.4 Å². The van der Waals surface area contributed by atoms with Crippen LogP contribution in [0.15, 0.2) is 48.5 Å². The Bertz CT molecular complexity index is 1030. The Balaban J connectivity index is 1.82. The van der Waals surface area contributed by atoms with Crippen LogP contribution < -0.4 is 10.6 Å². The Labute approximate surface area is 163 Å². The predicted molar refractivity (Wildman–Crippen MR) is 105 cm³/mol. The molecule has 8 heteroatoms. The number of carbonyl (C=O) groups is 1. The lowest BCUT2D eigenvalue weighted by molar-refractivity contribution is 0.0939. The first-order chi connectivity index (χ1) is 12.0. The molecule has 126 valence electrons. The van der Waals surface area contributed by atoms with Gasteiger partial charge in [0.1, 0.15) is 16.9 Å². The van der Waals surface area contributed by atoms with Crippen LogP contribution in [0.25, 0.3) is 5.69 Å². The first kappa shape index (κ1) is 16.6. The maximum absolute atomic E-state index is 12.6. The summed E-state index contributed by atoms with van der Waals surface area (Å²) in [5, 5.41) is 7.27. The summed E-state index contributed by atoms with van der Waals surface area (Å²) in [6.45, 7) is 0. The highest BCUT2D eigenvalue weighted by molar-refractivity contribution is 7.73. The van der Waals surface area contributed by atoms with E-state index in [1.165, 1.54) is 11.3 Å². The monoisotopic (exact) mass is 407 g/mol. The summed E-state index contributed by atoms with van der Waals surface area (Å²) >= 11 is 19.0. The molecule has 1 atom stereocenters. The summed E-state index contributed by atoms with van der Waals surface area (Å²) in [7, 11) is 0. The number of anilines is 1. The average Bonchev–Trinajstić information content (AvgIpc) is 2.92. The van der Waals surface area contributed by atoms with Gasteiger partial charge in [-0.25, -0.2) is 0 Å². The third kappa shape index (κ3) is 2.95. The summed E-state index contributed by atoms with van der Waals surface area (Å²) in [4.78, 5) is 13.1. The zero-order valence-corrected chi connectivity index (χ0v) is 15.8. The number of carbonyl (C=O) groups excluding carboxylic acids is 1. The van der Waals surface area contributed by atoms with Gasteiger partial charge < -0.3 is 10.6 Å². The molecule has 2 heterocycles. The zero-order valence-electron chi connectivity index (χ0n) is 12.6. The van der Waals surface area contributed by atoms with Crippen molar-refractivity contribution < 1.29 is 4.79 Å². The second-order valence-corrected chi connectivity index (χ2v) is 7.92. The molecule has 1 aromatic heterocycles. The van der Waals surface area contributed by atoms with Gasteiger partial charge in [-0.1, -0.05) is 58.8 Å². The molecule has 1 aliphatic heterocycles. The van der Waals surface area contributed by atoms with Crippen molar-refractivity contribution in [3.8, 4) is 5.69 Å². The quantitative estimate of drug-likeness (QED) is 0.556. The van der Waals surface area contributed by atoms with Crippen LogP contribution >= 0.6 is 46.8 Å².